The molecule has 0 aliphatic carbocycles. The van der Waals surface area contributed by atoms with Crippen molar-refractivity contribution in [1.29, 1.82) is 0 Å². The Morgan fingerprint density at radius 2 is 1.75 bits per heavy atom. The van der Waals surface area contributed by atoms with Crippen LogP contribution in [-0.2, 0) is 16.1 Å². The van der Waals surface area contributed by atoms with Crippen molar-refractivity contribution in [3.05, 3.63) is 107 Å². The highest BCUT2D eigenvalue weighted by Gasteiger charge is 2.24. The average Bonchev–Trinajstić information content (AvgIpc) is 3.08. The predicted octanol–water partition coefficient (Wildman–Crippen LogP) is 4.92. The van der Waals surface area contributed by atoms with Gasteiger partial charge < -0.3 is 9.47 Å². The van der Waals surface area contributed by atoms with Crippen molar-refractivity contribution in [1.82, 2.24) is 0 Å². The van der Waals surface area contributed by atoms with E-state index in [1.54, 1.807) is 6.08 Å². The van der Waals surface area contributed by atoms with Gasteiger partial charge in [0.2, 0.25) is 5.90 Å². The first-order valence-electron chi connectivity index (χ1n) is 9.04. The van der Waals surface area contributed by atoms with Crippen molar-refractivity contribution in [3.8, 4) is 5.75 Å². The van der Waals surface area contributed by atoms with Crippen LogP contribution >= 0.6 is 0 Å². The van der Waals surface area contributed by atoms with Crippen LogP contribution in [0.15, 0.2) is 89.6 Å². The Labute approximate surface area is 163 Å². The van der Waals surface area contributed by atoms with E-state index in [0.717, 1.165) is 28.0 Å². The van der Waals surface area contributed by atoms with Gasteiger partial charge in [0.25, 0.3) is 0 Å². The first-order chi connectivity index (χ1) is 13.7. The monoisotopic (exact) mass is 369 g/mol. The minimum absolute atomic E-state index is 0.276. The van der Waals surface area contributed by atoms with Crippen LogP contribution < -0.4 is 4.74 Å². The molecular weight excluding hydrogens is 350 g/mol. The molecule has 1 aliphatic rings. The number of hydrogen-bond acceptors (Lipinski definition) is 4. The molecule has 0 unspecified atom stereocenters. The van der Waals surface area contributed by atoms with Crippen LogP contribution in [0, 0.1) is 6.92 Å². The Kier molecular flexibility index (Phi) is 5.02. The number of aliphatic imine (C=N–C) groups is 1. The quantitative estimate of drug-likeness (QED) is 0.474. The van der Waals surface area contributed by atoms with E-state index in [1.807, 2.05) is 85.8 Å². The number of aryl methyl sites for hydroxylation is 1. The highest BCUT2D eigenvalue weighted by Crippen LogP contribution is 2.23. The van der Waals surface area contributed by atoms with Crippen molar-refractivity contribution >= 4 is 17.9 Å². The first-order valence-corrected chi connectivity index (χ1v) is 9.04. The molecule has 3 aromatic rings. The molecule has 1 heterocycles. The van der Waals surface area contributed by atoms with Crippen LogP contribution in [0.3, 0.4) is 0 Å². The number of rotatable bonds is 5. The van der Waals surface area contributed by atoms with Crippen molar-refractivity contribution < 1.29 is 14.3 Å². The van der Waals surface area contributed by atoms with Gasteiger partial charge in [-0.1, -0.05) is 60.7 Å². The molecule has 0 saturated heterocycles. The second-order valence-corrected chi connectivity index (χ2v) is 6.50. The van der Waals surface area contributed by atoms with Gasteiger partial charge in [-0.25, -0.2) is 9.79 Å². The fourth-order valence-corrected chi connectivity index (χ4v) is 2.93. The summed E-state index contributed by atoms with van der Waals surface area (Å²) in [6.45, 7) is 2.44. The molecule has 4 rings (SSSR count). The van der Waals surface area contributed by atoms with Gasteiger partial charge in [-0.3, -0.25) is 0 Å². The summed E-state index contributed by atoms with van der Waals surface area (Å²) in [4.78, 5) is 16.6. The van der Waals surface area contributed by atoms with Crippen LogP contribution in [0.2, 0.25) is 0 Å². The summed E-state index contributed by atoms with van der Waals surface area (Å²) < 4.78 is 11.2. The number of hydrogen-bond donors (Lipinski definition) is 0. The largest absolute Gasteiger partial charge is 0.489 e. The Morgan fingerprint density at radius 1 is 0.964 bits per heavy atom. The minimum Gasteiger partial charge on any atom is -0.489 e. The van der Waals surface area contributed by atoms with Crippen molar-refractivity contribution in [2.24, 2.45) is 4.99 Å². The molecule has 0 N–H and O–H groups in total. The molecule has 0 fully saturated rings. The highest BCUT2D eigenvalue weighted by molar-refractivity contribution is 6.13. The molecular formula is C24H19NO3. The number of cyclic esters (lactones) is 1. The molecule has 0 spiro atoms. The zero-order valence-corrected chi connectivity index (χ0v) is 15.5. The van der Waals surface area contributed by atoms with Gasteiger partial charge in [-0.15, -0.1) is 0 Å². The van der Waals surface area contributed by atoms with Crippen molar-refractivity contribution in [3.63, 3.8) is 0 Å². The SMILES string of the molecule is Cc1ccccc1C1=N/C(=C/c2cccc(OCc3ccccc3)c2)C(=O)O1. The van der Waals surface area contributed by atoms with E-state index < -0.39 is 5.97 Å². The van der Waals surface area contributed by atoms with E-state index in [1.165, 1.54) is 0 Å². The molecule has 0 amide bonds. The lowest BCUT2D eigenvalue weighted by Crippen LogP contribution is -2.06. The molecule has 4 heteroatoms. The number of esters is 1. The Balaban J connectivity index is 1.54. The maximum Gasteiger partial charge on any atom is 0.363 e. The van der Waals surface area contributed by atoms with E-state index in [0.29, 0.717) is 12.5 Å². The van der Waals surface area contributed by atoms with Crippen LogP contribution in [0.5, 0.6) is 5.75 Å². The highest BCUT2D eigenvalue weighted by atomic mass is 16.6. The van der Waals surface area contributed by atoms with E-state index in [-0.39, 0.29) is 5.70 Å². The molecule has 1 aliphatic heterocycles. The smallest absolute Gasteiger partial charge is 0.363 e. The van der Waals surface area contributed by atoms with Gasteiger partial charge >= 0.3 is 5.97 Å². The van der Waals surface area contributed by atoms with Gasteiger partial charge in [-0.2, -0.15) is 0 Å². The molecule has 138 valence electrons. The number of benzene rings is 3. The Morgan fingerprint density at radius 3 is 2.57 bits per heavy atom. The van der Waals surface area contributed by atoms with Crippen LogP contribution in [0.4, 0.5) is 0 Å². The second-order valence-electron chi connectivity index (χ2n) is 6.50. The van der Waals surface area contributed by atoms with E-state index >= 15 is 0 Å². The van der Waals surface area contributed by atoms with Gasteiger partial charge in [0, 0.05) is 5.56 Å². The van der Waals surface area contributed by atoms with Crippen LogP contribution in [0.25, 0.3) is 6.08 Å². The first kappa shape index (κ1) is 17.7. The molecule has 0 atom stereocenters. The summed E-state index contributed by atoms with van der Waals surface area (Å²) in [5.41, 5.74) is 4.02. The topological polar surface area (TPSA) is 47.9 Å². The summed E-state index contributed by atoms with van der Waals surface area (Å²) in [6.07, 6.45) is 1.71. The van der Waals surface area contributed by atoms with Gasteiger partial charge in [0.1, 0.15) is 12.4 Å². The fraction of sp³-hybridized carbons (Fsp3) is 0.0833. The summed E-state index contributed by atoms with van der Waals surface area (Å²) in [6, 6.07) is 25.2. The predicted molar refractivity (Wildman–Crippen MR) is 109 cm³/mol. The zero-order chi connectivity index (χ0) is 19.3. The zero-order valence-electron chi connectivity index (χ0n) is 15.5. The van der Waals surface area contributed by atoms with Crippen molar-refractivity contribution in [2.75, 3.05) is 0 Å². The number of ether oxygens (including phenoxy) is 2. The maximum atomic E-state index is 12.2. The lowest BCUT2D eigenvalue weighted by atomic mass is 10.1. The maximum absolute atomic E-state index is 12.2. The number of nitrogens with zero attached hydrogens (tertiary/aromatic N) is 1. The van der Waals surface area contributed by atoms with Crippen LogP contribution in [-0.4, -0.2) is 11.9 Å². The lowest BCUT2D eigenvalue weighted by molar-refractivity contribution is -0.129. The second kappa shape index (κ2) is 7.92. The molecule has 3 aromatic carbocycles. The molecule has 0 radical (unpaired) electrons. The third kappa shape index (κ3) is 4.01. The summed E-state index contributed by atoms with van der Waals surface area (Å²) in [7, 11) is 0. The van der Waals surface area contributed by atoms with Crippen LogP contribution in [0.1, 0.15) is 22.3 Å². The molecule has 28 heavy (non-hydrogen) atoms. The Bertz CT molecular complexity index is 1070. The summed E-state index contributed by atoms with van der Waals surface area (Å²) in [5, 5.41) is 0. The van der Waals surface area contributed by atoms with Gasteiger partial charge in [0.15, 0.2) is 5.70 Å². The third-order valence-electron chi connectivity index (χ3n) is 4.41. The average molecular weight is 369 g/mol. The summed E-state index contributed by atoms with van der Waals surface area (Å²) >= 11 is 0. The molecule has 4 nitrogen and oxygen atoms in total. The Hall–Kier alpha value is -3.66. The van der Waals surface area contributed by atoms with E-state index in [2.05, 4.69) is 4.99 Å². The lowest BCUT2D eigenvalue weighted by Gasteiger charge is -2.07. The van der Waals surface area contributed by atoms with E-state index in [9.17, 15) is 4.79 Å². The fourth-order valence-electron chi connectivity index (χ4n) is 2.93. The number of carbonyl (C=O) groups is 1. The minimum atomic E-state index is -0.450. The standard InChI is InChI=1S/C24H19NO3/c1-17-8-5-6-13-21(17)23-25-22(24(26)28-23)15-19-11-7-12-20(14-19)27-16-18-9-3-2-4-10-18/h2-15H,16H2,1H3/b22-15+. The van der Waals surface area contributed by atoms with E-state index in [4.69, 9.17) is 9.47 Å². The normalized spacial score (nSPS) is 14.7. The summed E-state index contributed by atoms with van der Waals surface area (Å²) in [5.74, 6) is 0.618. The molecule has 0 saturated carbocycles. The molecule has 0 bridgehead atoms. The van der Waals surface area contributed by atoms with Gasteiger partial charge in [0.05, 0.1) is 0 Å². The number of carbonyl (C=O) groups excluding carboxylic acids is 1. The van der Waals surface area contributed by atoms with Gasteiger partial charge in [-0.05, 0) is 47.9 Å². The molecule has 0 aromatic heterocycles. The third-order valence-corrected chi connectivity index (χ3v) is 4.41. The van der Waals surface area contributed by atoms with Crippen molar-refractivity contribution in [2.45, 2.75) is 13.5 Å².